The molecule has 0 aromatic heterocycles. The van der Waals surface area contributed by atoms with Gasteiger partial charge in [0.25, 0.3) is 0 Å². The van der Waals surface area contributed by atoms with Gasteiger partial charge < -0.3 is 4.74 Å². The van der Waals surface area contributed by atoms with Crippen molar-refractivity contribution in [1.82, 2.24) is 4.90 Å². The van der Waals surface area contributed by atoms with E-state index in [1.165, 1.54) is 0 Å². The molecule has 2 heterocycles. The first-order valence-electron chi connectivity index (χ1n) is 5.20. The van der Waals surface area contributed by atoms with E-state index in [1.54, 1.807) is 0 Å². The quantitative estimate of drug-likeness (QED) is 0.606. The highest BCUT2D eigenvalue weighted by molar-refractivity contribution is 5.78. The minimum absolute atomic E-state index is 0.00259. The van der Waals surface area contributed by atoms with Crippen molar-refractivity contribution in [1.29, 1.82) is 0 Å². The maximum absolute atomic E-state index is 11.4. The molecule has 3 nitrogen and oxygen atoms in total. The lowest BCUT2D eigenvalue weighted by molar-refractivity contribution is -0.145. The van der Waals surface area contributed by atoms with E-state index in [0.717, 1.165) is 25.8 Å². The Labute approximate surface area is 79.0 Å². The molecule has 0 spiro atoms. The number of cyclic esters (lactones) is 1. The van der Waals surface area contributed by atoms with Gasteiger partial charge in [0.2, 0.25) is 0 Å². The summed E-state index contributed by atoms with van der Waals surface area (Å²) >= 11 is 0. The minimum Gasteiger partial charge on any atom is -0.445 e. The monoisotopic (exact) mass is 183 g/mol. The van der Waals surface area contributed by atoms with Crippen LogP contribution in [0, 0.1) is 5.92 Å². The Morgan fingerprint density at radius 2 is 2.46 bits per heavy atom. The lowest BCUT2D eigenvalue weighted by atomic mass is 10.1. The Kier molecular flexibility index (Phi) is 2.28. The van der Waals surface area contributed by atoms with Gasteiger partial charge >= 0.3 is 5.97 Å². The smallest absolute Gasteiger partial charge is 0.325 e. The Hall–Kier alpha value is -0.570. The second-order valence-corrected chi connectivity index (χ2v) is 4.11. The third-order valence-electron chi connectivity index (χ3n) is 3.26. The Bertz CT molecular complexity index is 217. The molecule has 0 aromatic carbocycles. The summed E-state index contributed by atoms with van der Waals surface area (Å²) < 4.78 is 5.37. The fourth-order valence-corrected chi connectivity index (χ4v) is 2.26. The van der Waals surface area contributed by atoms with Gasteiger partial charge in [0, 0.05) is 12.5 Å². The molecule has 2 rings (SSSR count). The number of nitrogens with zero attached hydrogens (tertiary/aromatic N) is 1. The van der Waals surface area contributed by atoms with E-state index in [2.05, 4.69) is 18.7 Å². The number of carbonyl (C=O) groups is 1. The zero-order valence-electron chi connectivity index (χ0n) is 8.32. The summed E-state index contributed by atoms with van der Waals surface area (Å²) in [4.78, 5) is 13.7. The second-order valence-electron chi connectivity index (χ2n) is 4.11. The largest absolute Gasteiger partial charge is 0.445 e. The zero-order valence-corrected chi connectivity index (χ0v) is 8.32. The average Bonchev–Trinajstić information content (AvgIpc) is 2.68. The summed E-state index contributed by atoms with van der Waals surface area (Å²) in [5, 5.41) is 0. The maximum atomic E-state index is 11.4. The van der Waals surface area contributed by atoms with Gasteiger partial charge in [0.05, 0.1) is 0 Å². The predicted molar refractivity (Wildman–Crippen MR) is 49.1 cm³/mol. The first-order valence-corrected chi connectivity index (χ1v) is 5.20. The van der Waals surface area contributed by atoms with Crippen LogP contribution in [0.25, 0.3) is 0 Å². The summed E-state index contributed by atoms with van der Waals surface area (Å²) in [6.07, 6.45) is 3.27. The van der Waals surface area contributed by atoms with Gasteiger partial charge in [0.1, 0.15) is 6.04 Å². The van der Waals surface area contributed by atoms with Gasteiger partial charge in [-0.3, -0.25) is 9.69 Å². The lowest BCUT2D eigenvalue weighted by Gasteiger charge is -2.24. The fourth-order valence-electron chi connectivity index (χ4n) is 2.26. The molecule has 0 radical (unpaired) electrons. The minimum atomic E-state index is 0.00259. The van der Waals surface area contributed by atoms with Gasteiger partial charge in [0.15, 0.2) is 6.23 Å². The summed E-state index contributed by atoms with van der Waals surface area (Å²) in [7, 11) is 0. The molecule has 0 bridgehead atoms. The molecule has 0 saturated carbocycles. The van der Waals surface area contributed by atoms with E-state index in [1.807, 2.05) is 0 Å². The van der Waals surface area contributed by atoms with E-state index < -0.39 is 0 Å². The van der Waals surface area contributed by atoms with E-state index in [4.69, 9.17) is 4.74 Å². The average molecular weight is 183 g/mol. The van der Waals surface area contributed by atoms with Crippen LogP contribution in [0.15, 0.2) is 0 Å². The van der Waals surface area contributed by atoms with Crippen LogP contribution in [0.4, 0.5) is 0 Å². The van der Waals surface area contributed by atoms with Crippen LogP contribution >= 0.6 is 0 Å². The van der Waals surface area contributed by atoms with Crippen LogP contribution in [0.3, 0.4) is 0 Å². The molecule has 2 fully saturated rings. The van der Waals surface area contributed by atoms with Crippen molar-refractivity contribution in [2.45, 2.75) is 45.4 Å². The van der Waals surface area contributed by atoms with Crippen molar-refractivity contribution in [3.8, 4) is 0 Å². The molecular formula is C10H17NO2. The Balaban J connectivity index is 2.10. The lowest BCUT2D eigenvalue weighted by Crippen LogP contribution is -2.36. The van der Waals surface area contributed by atoms with Gasteiger partial charge in [-0.25, -0.2) is 0 Å². The number of fused-ring (bicyclic) bond motifs is 1. The van der Waals surface area contributed by atoms with E-state index in [-0.39, 0.29) is 18.2 Å². The second kappa shape index (κ2) is 3.29. The van der Waals surface area contributed by atoms with E-state index in [0.29, 0.717) is 5.92 Å². The molecule has 0 N–H and O–H groups in total. The molecule has 74 valence electrons. The molecule has 3 atom stereocenters. The van der Waals surface area contributed by atoms with Crippen LogP contribution in [0.1, 0.15) is 33.1 Å². The Morgan fingerprint density at radius 3 is 3.15 bits per heavy atom. The number of esters is 1. The van der Waals surface area contributed by atoms with E-state index in [9.17, 15) is 4.79 Å². The number of hydrogen-bond acceptors (Lipinski definition) is 3. The third kappa shape index (κ3) is 1.35. The van der Waals surface area contributed by atoms with Crippen molar-refractivity contribution in [3.63, 3.8) is 0 Å². The summed E-state index contributed by atoms with van der Waals surface area (Å²) in [6.45, 7) is 5.33. The van der Waals surface area contributed by atoms with Crippen molar-refractivity contribution in [2.24, 2.45) is 5.92 Å². The topological polar surface area (TPSA) is 29.5 Å². The normalized spacial score (nSPS) is 36.0. The molecule has 0 aromatic rings. The highest BCUT2D eigenvalue weighted by Gasteiger charge is 2.46. The predicted octanol–water partition coefficient (Wildman–Crippen LogP) is 1.38. The van der Waals surface area contributed by atoms with Gasteiger partial charge in [-0.2, -0.15) is 0 Å². The van der Waals surface area contributed by atoms with Crippen molar-refractivity contribution in [2.75, 3.05) is 6.54 Å². The molecule has 2 saturated heterocycles. The number of carbonyl (C=O) groups excluding carboxylic acids is 1. The third-order valence-corrected chi connectivity index (χ3v) is 3.26. The zero-order chi connectivity index (χ0) is 9.42. The van der Waals surface area contributed by atoms with E-state index >= 15 is 0 Å². The van der Waals surface area contributed by atoms with Crippen LogP contribution in [-0.2, 0) is 9.53 Å². The SMILES string of the molecule is CC[C@@H](C)[C@H]1OC(=O)[C@@H]2CCCN12. The van der Waals surface area contributed by atoms with Crippen LogP contribution in [-0.4, -0.2) is 29.7 Å². The molecular weight excluding hydrogens is 166 g/mol. The molecule has 3 heteroatoms. The summed E-state index contributed by atoms with van der Waals surface area (Å²) in [5.41, 5.74) is 0. The number of hydrogen-bond donors (Lipinski definition) is 0. The van der Waals surface area contributed by atoms with Gasteiger partial charge in [-0.05, 0) is 19.3 Å². The molecule has 13 heavy (non-hydrogen) atoms. The molecule has 2 aliphatic heterocycles. The molecule has 0 aliphatic carbocycles. The van der Waals surface area contributed by atoms with Crippen molar-refractivity contribution < 1.29 is 9.53 Å². The maximum Gasteiger partial charge on any atom is 0.325 e. The molecule has 2 aliphatic rings. The highest BCUT2D eigenvalue weighted by atomic mass is 16.6. The highest BCUT2D eigenvalue weighted by Crippen LogP contribution is 2.32. The van der Waals surface area contributed by atoms with Gasteiger partial charge in [-0.15, -0.1) is 0 Å². The number of ether oxygens (including phenoxy) is 1. The standard InChI is InChI=1S/C10H17NO2/c1-3-7(2)9-11-6-4-5-8(11)10(12)13-9/h7-9H,3-6H2,1-2H3/t7-,8+,9-/m1/s1. The first kappa shape index (κ1) is 9.00. The fraction of sp³-hybridized carbons (Fsp3) is 0.900. The Morgan fingerprint density at radius 1 is 1.69 bits per heavy atom. The summed E-state index contributed by atoms with van der Waals surface area (Å²) in [6, 6.07) is 0.0824. The van der Waals surface area contributed by atoms with Crippen LogP contribution in [0.5, 0.6) is 0 Å². The molecule has 0 unspecified atom stereocenters. The van der Waals surface area contributed by atoms with Crippen molar-refractivity contribution in [3.05, 3.63) is 0 Å². The van der Waals surface area contributed by atoms with Crippen molar-refractivity contribution >= 4 is 5.97 Å². The number of rotatable bonds is 2. The molecule has 0 amide bonds. The first-order chi connectivity index (χ1) is 6.24. The van der Waals surface area contributed by atoms with Crippen LogP contribution < -0.4 is 0 Å². The van der Waals surface area contributed by atoms with Gasteiger partial charge in [-0.1, -0.05) is 13.8 Å². The summed E-state index contributed by atoms with van der Waals surface area (Å²) in [5.74, 6) is 0.467. The van der Waals surface area contributed by atoms with Crippen LogP contribution in [0.2, 0.25) is 0 Å².